The summed E-state index contributed by atoms with van der Waals surface area (Å²) < 4.78 is 1.44. The van der Waals surface area contributed by atoms with Gasteiger partial charge in [-0.1, -0.05) is 19.3 Å². The van der Waals surface area contributed by atoms with E-state index in [0.29, 0.717) is 13.1 Å². The molecule has 0 aliphatic carbocycles. The Morgan fingerprint density at radius 3 is 2.50 bits per heavy atom. The van der Waals surface area contributed by atoms with Crippen LogP contribution in [-0.2, 0) is 6.54 Å². The molecule has 2 heterocycles. The zero-order valence-electron chi connectivity index (χ0n) is 11.6. The standard InChI is InChI=1S/C13H22N4O3/c18-13(10-15-6-4-2-1-3-5-7-15)11-16-9-12(8-14-16)17(19)20/h8-9,13,18H,1-7,10-11H2. The molecule has 0 radical (unpaired) electrons. The summed E-state index contributed by atoms with van der Waals surface area (Å²) in [5.74, 6) is 0. The zero-order chi connectivity index (χ0) is 14.4. The summed E-state index contributed by atoms with van der Waals surface area (Å²) in [5, 5.41) is 24.6. The predicted molar refractivity (Wildman–Crippen MR) is 74.4 cm³/mol. The fourth-order valence-electron chi connectivity index (χ4n) is 2.61. The van der Waals surface area contributed by atoms with Gasteiger partial charge in [-0.15, -0.1) is 0 Å². The maximum atomic E-state index is 10.6. The van der Waals surface area contributed by atoms with E-state index in [4.69, 9.17) is 0 Å². The van der Waals surface area contributed by atoms with Crippen molar-refractivity contribution in [1.82, 2.24) is 14.7 Å². The Morgan fingerprint density at radius 2 is 1.90 bits per heavy atom. The van der Waals surface area contributed by atoms with Gasteiger partial charge in [-0.3, -0.25) is 14.8 Å². The molecule has 0 aromatic carbocycles. The summed E-state index contributed by atoms with van der Waals surface area (Å²) in [6.07, 6.45) is 8.22. The average Bonchev–Trinajstić information content (AvgIpc) is 2.81. The van der Waals surface area contributed by atoms with Crippen molar-refractivity contribution in [1.29, 1.82) is 0 Å². The maximum Gasteiger partial charge on any atom is 0.306 e. The van der Waals surface area contributed by atoms with Gasteiger partial charge in [0.05, 0.1) is 17.6 Å². The lowest BCUT2D eigenvalue weighted by molar-refractivity contribution is -0.385. The molecule has 0 saturated carbocycles. The summed E-state index contributed by atoms with van der Waals surface area (Å²) in [6, 6.07) is 0. The highest BCUT2D eigenvalue weighted by atomic mass is 16.6. The van der Waals surface area contributed by atoms with E-state index in [1.807, 2.05) is 0 Å². The van der Waals surface area contributed by atoms with Crippen LogP contribution in [0.15, 0.2) is 12.4 Å². The topological polar surface area (TPSA) is 84.4 Å². The monoisotopic (exact) mass is 282 g/mol. The van der Waals surface area contributed by atoms with E-state index in [1.54, 1.807) is 0 Å². The Kier molecular flexibility index (Phi) is 5.49. The second kappa shape index (κ2) is 7.35. The summed E-state index contributed by atoms with van der Waals surface area (Å²) in [6.45, 7) is 2.95. The van der Waals surface area contributed by atoms with Gasteiger partial charge >= 0.3 is 5.69 Å². The minimum absolute atomic E-state index is 0.0385. The molecular formula is C13H22N4O3. The fraction of sp³-hybridized carbons (Fsp3) is 0.769. The van der Waals surface area contributed by atoms with Gasteiger partial charge in [-0.2, -0.15) is 5.10 Å². The van der Waals surface area contributed by atoms with Crippen LogP contribution in [0.25, 0.3) is 0 Å². The average molecular weight is 282 g/mol. The third kappa shape index (κ3) is 4.57. The molecule has 1 aliphatic rings. The van der Waals surface area contributed by atoms with Crippen molar-refractivity contribution in [2.45, 2.75) is 44.8 Å². The molecule has 1 aromatic rings. The SMILES string of the molecule is O=[N+]([O-])c1cnn(CC(O)CN2CCCCCCC2)c1. The molecule has 1 unspecified atom stereocenters. The largest absolute Gasteiger partial charge is 0.390 e. The second-order valence-electron chi connectivity index (χ2n) is 5.40. The van der Waals surface area contributed by atoms with Gasteiger partial charge in [0.15, 0.2) is 0 Å². The number of β-amino-alcohol motifs (C(OH)–C–C–N with tert-alkyl or cyclic N) is 1. The molecule has 1 aromatic heterocycles. The number of hydrogen-bond donors (Lipinski definition) is 1. The lowest BCUT2D eigenvalue weighted by Gasteiger charge is -2.26. The Bertz CT molecular complexity index is 427. The van der Waals surface area contributed by atoms with E-state index in [9.17, 15) is 15.2 Å². The minimum Gasteiger partial charge on any atom is -0.390 e. The highest BCUT2D eigenvalue weighted by molar-refractivity contribution is 5.20. The van der Waals surface area contributed by atoms with Gasteiger partial charge in [0.2, 0.25) is 0 Å². The molecule has 1 aliphatic heterocycles. The van der Waals surface area contributed by atoms with Crippen molar-refractivity contribution in [3.8, 4) is 0 Å². The molecule has 1 saturated heterocycles. The maximum absolute atomic E-state index is 10.6. The van der Waals surface area contributed by atoms with Crippen LogP contribution in [0, 0.1) is 10.1 Å². The number of hydrogen-bond acceptors (Lipinski definition) is 5. The van der Waals surface area contributed by atoms with E-state index >= 15 is 0 Å². The van der Waals surface area contributed by atoms with Crippen molar-refractivity contribution < 1.29 is 10.0 Å². The molecular weight excluding hydrogens is 260 g/mol. The second-order valence-corrected chi connectivity index (χ2v) is 5.40. The first-order chi connectivity index (χ1) is 9.65. The molecule has 7 nitrogen and oxygen atoms in total. The molecule has 2 rings (SSSR count). The molecule has 0 bridgehead atoms. The normalized spacial score (nSPS) is 19.2. The Labute approximate surface area is 118 Å². The first-order valence-electron chi connectivity index (χ1n) is 7.22. The van der Waals surface area contributed by atoms with Crippen LogP contribution >= 0.6 is 0 Å². The van der Waals surface area contributed by atoms with Crippen molar-refractivity contribution in [3.63, 3.8) is 0 Å². The van der Waals surface area contributed by atoms with Crippen LogP contribution < -0.4 is 0 Å². The highest BCUT2D eigenvalue weighted by Gasteiger charge is 2.15. The molecule has 0 spiro atoms. The molecule has 20 heavy (non-hydrogen) atoms. The third-order valence-electron chi connectivity index (χ3n) is 3.65. The summed E-state index contributed by atoms with van der Waals surface area (Å²) in [5.41, 5.74) is -0.0385. The van der Waals surface area contributed by atoms with Gasteiger partial charge in [0.1, 0.15) is 12.4 Å². The van der Waals surface area contributed by atoms with Gasteiger partial charge in [0.25, 0.3) is 0 Å². The van der Waals surface area contributed by atoms with Crippen molar-refractivity contribution in [2.75, 3.05) is 19.6 Å². The van der Waals surface area contributed by atoms with Crippen LogP contribution in [0.5, 0.6) is 0 Å². The number of aromatic nitrogens is 2. The van der Waals surface area contributed by atoms with Crippen molar-refractivity contribution >= 4 is 5.69 Å². The molecule has 1 N–H and O–H groups in total. The van der Waals surface area contributed by atoms with E-state index in [1.165, 1.54) is 49.2 Å². The van der Waals surface area contributed by atoms with Crippen LogP contribution in [0.2, 0.25) is 0 Å². The van der Waals surface area contributed by atoms with E-state index in [2.05, 4.69) is 10.00 Å². The number of likely N-dealkylation sites (tertiary alicyclic amines) is 1. The van der Waals surface area contributed by atoms with Crippen LogP contribution in [0.4, 0.5) is 5.69 Å². The first kappa shape index (κ1) is 14.9. The van der Waals surface area contributed by atoms with Crippen LogP contribution in [-0.4, -0.2) is 50.4 Å². The first-order valence-corrected chi connectivity index (χ1v) is 7.22. The highest BCUT2D eigenvalue weighted by Crippen LogP contribution is 2.12. The van der Waals surface area contributed by atoms with Gasteiger partial charge in [-0.05, 0) is 25.9 Å². The van der Waals surface area contributed by atoms with E-state index < -0.39 is 11.0 Å². The fourth-order valence-corrected chi connectivity index (χ4v) is 2.61. The van der Waals surface area contributed by atoms with Crippen molar-refractivity contribution in [3.05, 3.63) is 22.5 Å². The van der Waals surface area contributed by atoms with Gasteiger partial charge in [-0.25, -0.2) is 0 Å². The lowest BCUT2D eigenvalue weighted by atomic mass is 10.1. The van der Waals surface area contributed by atoms with Gasteiger partial charge < -0.3 is 10.0 Å². The molecule has 1 fully saturated rings. The summed E-state index contributed by atoms with van der Waals surface area (Å²) in [7, 11) is 0. The smallest absolute Gasteiger partial charge is 0.306 e. The number of nitrogens with zero attached hydrogens (tertiary/aromatic N) is 4. The Hall–Kier alpha value is -1.47. The van der Waals surface area contributed by atoms with Crippen molar-refractivity contribution in [2.24, 2.45) is 0 Å². The molecule has 7 heteroatoms. The number of nitro groups is 1. The minimum atomic E-state index is -0.547. The number of rotatable bonds is 5. The van der Waals surface area contributed by atoms with Gasteiger partial charge in [0, 0.05) is 6.54 Å². The van der Waals surface area contributed by atoms with E-state index in [0.717, 1.165) is 13.1 Å². The predicted octanol–water partition coefficient (Wildman–Crippen LogP) is 1.42. The van der Waals surface area contributed by atoms with Crippen LogP contribution in [0.1, 0.15) is 32.1 Å². The molecule has 0 amide bonds. The molecule has 112 valence electrons. The number of aliphatic hydroxyl groups excluding tert-OH is 1. The number of aliphatic hydroxyl groups is 1. The Balaban J connectivity index is 1.80. The van der Waals surface area contributed by atoms with Crippen LogP contribution in [0.3, 0.4) is 0 Å². The lowest BCUT2D eigenvalue weighted by Crippen LogP contribution is -2.36. The summed E-state index contributed by atoms with van der Waals surface area (Å²) in [4.78, 5) is 12.4. The zero-order valence-corrected chi connectivity index (χ0v) is 11.6. The molecule has 1 atom stereocenters. The van der Waals surface area contributed by atoms with E-state index in [-0.39, 0.29) is 5.69 Å². The quantitative estimate of drug-likeness (QED) is 0.652. The third-order valence-corrected chi connectivity index (χ3v) is 3.65. The Morgan fingerprint density at radius 1 is 1.25 bits per heavy atom. The summed E-state index contributed by atoms with van der Waals surface area (Å²) >= 11 is 0.